The summed E-state index contributed by atoms with van der Waals surface area (Å²) in [6.07, 6.45) is -3.00. The van der Waals surface area contributed by atoms with E-state index < -0.39 is 6.36 Å². The molecule has 0 spiro atoms. The monoisotopic (exact) mass is 362 g/mol. The van der Waals surface area contributed by atoms with Gasteiger partial charge in [-0.25, -0.2) is 4.98 Å². The van der Waals surface area contributed by atoms with Crippen molar-refractivity contribution in [1.82, 2.24) is 9.88 Å². The van der Waals surface area contributed by atoms with Crippen LogP contribution in [0.25, 0.3) is 0 Å². The molecular formula is C18H17F3N4O. The minimum Gasteiger partial charge on any atom is -0.406 e. The number of hydrogen-bond acceptors (Lipinski definition) is 5. The lowest BCUT2D eigenvalue weighted by Gasteiger charge is -2.35. The third kappa shape index (κ3) is 4.64. The first kappa shape index (κ1) is 18.0. The van der Waals surface area contributed by atoms with Crippen LogP contribution in [0.5, 0.6) is 5.75 Å². The molecule has 0 N–H and O–H groups in total. The molecule has 1 aliphatic rings. The first-order valence-electron chi connectivity index (χ1n) is 8.12. The van der Waals surface area contributed by atoms with Gasteiger partial charge in [-0.15, -0.1) is 13.2 Å². The zero-order valence-electron chi connectivity index (χ0n) is 13.9. The van der Waals surface area contributed by atoms with Gasteiger partial charge in [-0.1, -0.05) is 12.1 Å². The van der Waals surface area contributed by atoms with Crippen LogP contribution in [0.3, 0.4) is 0 Å². The van der Waals surface area contributed by atoms with Crippen molar-refractivity contribution in [3.05, 3.63) is 53.7 Å². The van der Waals surface area contributed by atoms with Crippen LogP contribution >= 0.6 is 0 Å². The number of benzene rings is 1. The number of piperazine rings is 1. The van der Waals surface area contributed by atoms with Crippen molar-refractivity contribution >= 4 is 5.82 Å². The van der Waals surface area contributed by atoms with Gasteiger partial charge >= 0.3 is 6.36 Å². The molecule has 0 radical (unpaired) electrons. The Balaban J connectivity index is 1.55. The van der Waals surface area contributed by atoms with Gasteiger partial charge in [-0.05, 0) is 29.8 Å². The fourth-order valence-corrected chi connectivity index (χ4v) is 2.91. The first-order valence-corrected chi connectivity index (χ1v) is 8.12. The summed E-state index contributed by atoms with van der Waals surface area (Å²) in [4.78, 5) is 8.59. The Kier molecular flexibility index (Phi) is 5.28. The van der Waals surface area contributed by atoms with Crippen LogP contribution in [0.2, 0.25) is 0 Å². The Morgan fingerprint density at radius 1 is 1.08 bits per heavy atom. The Morgan fingerprint density at radius 3 is 2.38 bits per heavy atom. The van der Waals surface area contributed by atoms with Crippen molar-refractivity contribution in [2.24, 2.45) is 0 Å². The molecule has 0 unspecified atom stereocenters. The summed E-state index contributed by atoms with van der Waals surface area (Å²) in [7, 11) is 0. The maximum absolute atomic E-state index is 12.2. The Hall–Kier alpha value is -2.79. The van der Waals surface area contributed by atoms with E-state index >= 15 is 0 Å². The molecule has 136 valence electrons. The molecule has 0 aliphatic carbocycles. The molecule has 1 fully saturated rings. The summed E-state index contributed by atoms with van der Waals surface area (Å²) in [5.41, 5.74) is 1.48. The number of nitrogens with zero attached hydrogens (tertiary/aromatic N) is 4. The van der Waals surface area contributed by atoms with E-state index in [1.807, 2.05) is 0 Å². The van der Waals surface area contributed by atoms with Crippen molar-refractivity contribution in [2.75, 3.05) is 31.1 Å². The lowest BCUT2D eigenvalue weighted by Crippen LogP contribution is -2.46. The summed E-state index contributed by atoms with van der Waals surface area (Å²) in [6, 6.07) is 11.6. The van der Waals surface area contributed by atoms with E-state index in [9.17, 15) is 18.4 Å². The second kappa shape index (κ2) is 7.62. The zero-order valence-corrected chi connectivity index (χ0v) is 13.9. The van der Waals surface area contributed by atoms with E-state index in [0.717, 1.165) is 31.7 Å². The summed E-state index contributed by atoms with van der Waals surface area (Å²) in [5.74, 6) is 0.480. The van der Waals surface area contributed by atoms with Crippen LogP contribution in [-0.2, 0) is 6.54 Å². The van der Waals surface area contributed by atoms with Crippen molar-refractivity contribution in [3.63, 3.8) is 0 Å². The number of nitriles is 1. The van der Waals surface area contributed by atoms with Crippen LogP contribution < -0.4 is 9.64 Å². The maximum Gasteiger partial charge on any atom is 0.573 e. The standard InChI is InChI=1S/C18H17F3N4O/c19-18(20,21)26-16-5-3-14(4-6-16)13-24-8-10-25(11-9-24)17-15(12-22)2-1-7-23-17/h1-7H,8-11,13H2. The predicted octanol–water partition coefficient (Wildman–Crippen LogP) is 3.17. The fraction of sp³-hybridized carbons (Fsp3) is 0.333. The Morgan fingerprint density at radius 2 is 1.77 bits per heavy atom. The minimum absolute atomic E-state index is 0.217. The number of hydrogen-bond donors (Lipinski definition) is 0. The molecule has 1 saturated heterocycles. The highest BCUT2D eigenvalue weighted by Gasteiger charge is 2.31. The average Bonchev–Trinajstić information content (AvgIpc) is 2.63. The molecule has 5 nitrogen and oxygen atoms in total. The number of anilines is 1. The second-order valence-corrected chi connectivity index (χ2v) is 5.94. The van der Waals surface area contributed by atoms with Crippen molar-refractivity contribution in [1.29, 1.82) is 5.26 Å². The van der Waals surface area contributed by atoms with Gasteiger partial charge in [0.25, 0.3) is 0 Å². The zero-order chi connectivity index (χ0) is 18.6. The Bertz CT molecular complexity index is 778. The molecule has 2 aromatic rings. The van der Waals surface area contributed by atoms with Crippen molar-refractivity contribution < 1.29 is 17.9 Å². The fourth-order valence-electron chi connectivity index (χ4n) is 2.91. The van der Waals surface area contributed by atoms with Crippen LogP contribution in [0.4, 0.5) is 19.0 Å². The van der Waals surface area contributed by atoms with Crippen LogP contribution in [0.15, 0.2) is 42.6 Å². The predicted molar refractivity (Wildman–Crippen MR) is 89.6 cm³/mol. The quantitative estimate of drug-likeness (QED) is 0.836. The molecule has 1 aromatic heterocycles. The third-order valence-corrected chi connectivity index (χ3v) is 4.14. The molecule has 0 atom stereocenters. The normalized spacial score (nSPS) is 15.5. The average molecular weight is 362 g/mol. The number of alkyl halides is 3. The SMILES string of the molecule is N#Cc1cccnc1N1CCN(Cc2ccc(OC(F)(F)F)cc2)CC1. The molecule has 2 heterocycles. The molecule has 1 aromatic carbocycles. The molecule has 0 bridgehead atoms. The minimum atomic E-state index is -4.68. The van der Waals surface area contributed by atoms with Gasteiger partial charge in [0.2, 0.25) is 0 Å². The number of ether oxygens (including phenoxy) is 1. The van der Waals surface area contributed by atoms with E-state index in [2.05, 4.69) is 25.6 Å². The molecular weight excluding hydrogens is 345 g/mol. The lowest BCUT2D eigenvalue weighted by molar-refractivity contribution is -0.274. The number of halogens is 3. The highest BCUT2D eigenvalue weighted by molar-refractivity contribution is 5.53. The van der Waals surface area contributed by atoms with E-state index in [1.165, 1.54) is 12.1 Å². The van der Waals surface area contributed by atoms with Gasteiger partial charge in [-0.3, -0.25) is 4.90 Å². The van der Waals surface area contributed by atoms with Gasteiger partial charge in [0.15, 0.2) is 0 Å². The van der Waals surface area contributed by atoms with Gasteiger partial charge in [0, 0.05) is 38.9 Å². The molecule has 3 rings (SSSR count). The highest BCUT2D eigenvalue weighted by atomic mass is 19.4. The number of rotatable bonds is 4. The largest absolute Gasteiger partial charge is 0.573 e. The summed E-state index contributed by atoms with van der Waals surface area (Å²) >= 11 is 0. The topological polar surface area (TPSA) is 52.4 Å². The summed E-state index contributed by atoms with van der Waals surface area (Å²) < 4.78 is 40.4. The van der Waals surface area contributed by atoms with Gasteiger partial charge in [0.1, 0.15) is 17.6 Å². The van der Waals surface area contributed by atoms with Crippen LogP contribution in [0.1, 0.15) is 11.1 Å². The van der Waals surface area contributed by atoms with Gasteiger partial charge in [0.05, 0.1) is 5.56 Å². The first-order chi connectivity index (χ1) is 12.4. The van der Waals surface area contributed by atoms with Crippen molar-refractivity contribution in [3.8, 4) is 11.8 Å². The number of pyridine rings is 1. The maximum atomic E-state index is 12.2. The van der Waals surface area contributed by atoms with E-state index in [4.69, 9.17) is 0 Å². The third-order valence-electron chi connectivity index (χ3n) is 4.14. The lowest BCUT2D eigenvalue weighted by atomic mass is 10.2. The number of aromatic nitrogens is 1. The Labute approximate surface area is 149 Å². The molecule has 26 heavy (non-hydrogen) atoms. The second-order valence-electron chi connectivity index (χ2n) is 5.94. The van der Waals surface area contributed by atoms with Crippen molar-refractivity contribution in [2.45, 2.75) is 12.9 Å². The summed E-state index contributed by atoms with van der Waals surface area (Å²) in [6.45, 7) is 3.68. The van der Waals surface area contributed by atoms with E-state index in [0.29, 0.717) is 17.9 Å². The van der Waals surface area contributed by atoms with Crippen LogP contribution in [-0.4, -0.2) is 42.4 Å². The summed E-state index contributed by atoms with van der Waals surface area (Å²) in [5, 5.41) is 9.18. The van der Waals surface area contributed by atoms with E-state index in [1.54, 1.807) is 30.5 Å². The van der Waals surface area contributed by atoms with E-state index in [-0.39, 0.29) is 5.75 Å². The molecule has 0 saturated carbocycles. The van der Waals surface area contributed by atoms with Gasteiger partial charge in [-0.2, -0.15) is 5.26 Å². The molecule has 8 heteroatoms. The van der Waals surface area contributed by atoms with Crippen LogP contribution in [0, 0.1) is 11.3 Å². The highest BCUT2D eigenvalue weighted by Crippen LogP contribution is 2.23. The molecule has 1 aliphatic heterocycles. The smallest absolute Gasteiger partial charge is 0.406 e. The molecule has 0 amide bonds. The van der Waals surface area contributed by atoms with Gasteiger partial charge < -0.3 is 9.64 Å².